The van der Waals surface area contributed by atoms with Gasteiger partial charge >= 0.3 is 0 Å². The van der Waals surface area contributed by atoms with Crippen LogP contribution in [0.5, 0.6) is 0 Å². The van der Waals surface area contributed by atoms with Crippen LogP contribution in [0, 0.1) is 0 Å². The molecule has 2 aliphatic rings. The standard InChI is InChI=1S/C25H30O9/c26-17-9-24(33,10-18(27)22(17)31)15-5-1-13(2-6-15)21(30)14-3-7-16(8-4-14)25(34)11-19(28)23(32)20(29)12-25/h1-8,17-20,22-23,26-29,31-34H,9-12H2. The molecule has 0 spiro atoms. The first-order chi connectivity index (χ1) is 15.9. The number of aliphatic hydroxyl groups excluding tert-OH is 6. The monoisotopic (exact) mass is 474 g/mol. The predicted octanol–water partition coefficient (Wildman–Crippen LogP) is -0.954. The zero-order chi connectivity index (χ0) is 24.8. The third-order valence-corrected chi connectivity index (χ3v) is 7.13. The van der Waals surface area contributed by atoms with E-state index < -0.39 is 47.8 Å². The van der Waals surface area contributed by atoms with E-state index in [1.165, 1.54) is 48.5 Å². The summed E-state index contributed by atoms with van der Waals surface area (Å²) in [5.74, 6) is -0.310. The van der Waals surface area contributed by atoms with Gasteiger partial charge in [-0.05, 0) is 11.1 Å². The summed E-state index contributed by atoms with van der Waals surface area (Å²) in [6.07, 6.45) is -8.37. The molecule has 8 N–H and O–H groups in total. The van der Waals surface area contributed by atoms with Crippen molar-refractivity contribution in [3.8, 4) is 0 Å². The van der Waals surface area contributed by atoms with Crippen molar-refractivity contribution in [2.75, 3.05) is 0 Å². The molecule has 0 heterocycles. The van der Waals surface area contributed by atoms with E-state index in [0.29, 0.717) is 22.3 Å². The smallest absolute Gasteiger partial charge is 0.193 e. The molecule has 2 aromatic carbocycles. The van der Waals surface area contributed by atoms with Crippen LogP contribution in [-0.2, 0) is 11.2 Å². The highest BCUT2D eigenvalue weighted by Crippen LogP contribution is 2.39. The van der Waals surface area contributed by atoms with Gasteiger partial charge in [-0.1, -0.05) is 48.5 Å². The molecule has 34 heavy (non-hydrogen) atoms. The largest absolute Gasteiger partial charge is 0.390 e. The highest BCUT2D eigenvalue weighted by atomic mass is 16.4. The summed E-state index contributed by atoms with van der Waals surface area (Å²) >= 11 is 0. The molecule has 2 aliphatic carbocycles. The number of hydrogen-bond acceptors (Lipinski definition) is 9. The van der Waals surface area contributed by atoms with Crippen LogP contribution >= 0.6 is 0 Å². The number of aliphatic hydroxyl groups is 8. The summed E-state index contributed by atoms with van der Waals surface area (Å²) in [4.78, 5) is 12.9. The van der Waals surface area contributed by atoms with Gasteiger partial charge in [0.05, 0.1) is 35.6 Å². The Labute approximate surface area is 196 Å². The quantitative estimate of drug-likeness (QED) is 0.259. The number of rotatable bonds is 4. The van der Waals surface area contributed by atoms with E-state index in [0.717, 1.165) is 0 Å². The van der Waals surface area contributed by atoms with Gasteiger partial charge in [-0.2, -0.15) is 0 Å². The van der Waals surface area contributed by atoms with E-state index in [2.05, 4.69) is 0 Å². The van der Waals surface area contributed by atoms with Crippen molar-refractivity contribution in [3.63, 3.8) is 0 Å². The van der Waals surface area contributed by atoms with Crippen LogP contribution in [0.3, 0.4) is 0 Å². The van der Waals surface area contributed by atoms with Crippen LogP contribution in [0.25, 0.3) is 0 Å². The Balaban J connectivity index is 1.49. The maximum atomic E-state index is 12.9. The van der Waals surface area contributed by atoms with Crippen LogP contribution in [0.1, 0.15) is 52.7 Å². The lowest BCUT2D eigenvalue weighted by atomic mass is 9.75. The van der Waals surface area contributed by atoms with Crippen LogP contribution in [0.4, 0.5) is 0 Å². The van der Waals surface area contributed by atoms with Crippen molar-refractivity contribution in [2.24, 2.45) is 0 Å². The minimum atomic E-state index is -1.54. The highest BCUT2D eigenvalue weighted by molar-refractivity contribution is 6.09. The van der Waals surface area contributed by atoms with Crippen LogP contribution in [-0.4, -0.2) is 83.3 Å². The normalized spacial score (nSPS) is 38.5. The first-order valence-corrected chi connectivity index (χ1v) is 11.2. The zero-order valence-electron chi connectivity index (χ0n) is 18.4. The Hall–Kier alpha value is -2.21. The van der Waals surface area contributed by atoms with Gasteiger partial charge in [-0.15, -0.1) is 0 Å². The lowest BCUT2D eigenvalue weighted by Crippen LogP contribution is -2.51. The molecule has 9 nitrogen and oxygen atoms in total. The molecule has 0 saturated heterocycles. The van der Waals surface area contributed by atoms with Crippen LogP contribution in [0.15, 0.2) is 48.5 Å². The third kappa shape index (κ3) is 4.53. The highest BCUT2D eigenvalue weighted by Gasteiger charge is 2.45. The van der Waals surface area contributed by atoms with Crippen molar-refractivity contribution >= 4 is 5.78 Å². The first kappa shape index (κ1) is 24.9. The summed E-state index contributed by atoms with van der Waals surface area (Å²) in [6.45, 7) is 0. The second-order valence-corrected chi connectivity index (χ2v) is 9.61. The van der Waals surface area contributed by atoms with Gasteiger partial charge in [0.25, 0.3) is 0 Å². The minimum absolute atomic E-state index is 0.149. The van der Waals surface area contributed by atoms with Gasteiger partial charge in [0.2, 0.25) is 0 Å². The Morgan fingerprint density at radius 1 is 0.559 bits per heavy atom. The van der Waals surface area contributed by atoms with E-state index in [-0.39, 0.29) is 31.5 Å². The molecule has 0 radical (unpaired) electrons. The van der Waals surface area contributed by atoms with Crippen molar-refractivity contribution in [3.05, 3.63) is 70.8 Å². The molecule has 9 heteroatoms. The molecule has 0 bridgehead atoms. The molecule has 4 atom stereocenters. The number of carbonyl (C=O) groups excluding carboxylic acids is 1. The first-order valence-electron chi connectivity index (χ1n) is 11.2. The van der Waals surface area contributed by atoms with Gasteiger partial charge in [-0.3, -0.25) is 4.79 Å². The average Bonchev–Trinajstić information content (AvgIpc) is 2.80. The predicted molar refractivity (Wildman–Crippen MR) is 119 cm³/mol. The number of ketones is 1. The molecular weight excluding hydrogens is 444 g/mol. The summed E-state index contributed by atoms with van der Waals surface area (Å²) in [5.41, 5.74) is -1.60. The maximum Gasteiger partial charge on any atom is 0.193 e. The molecule has 2 fully saturated rings. The van der Waals surface area contributed by atoms with E-state index in [1.807, 2.05) is 0 Å². The SMILES string of the molecule is O=C(c1ccc(C2(O)CC(O)C(O)C(O)C2)cc1)c1ccc(C2(O)CC(O)C(O)C(O)C2)cc1. The number of benzene rings is 2. The van der Waals surface area contributed by atoms with Crippen LogP contribution < -0.4 is 0 Å². The van der Waals surface area contributed by atoms with E-state index >= 15 is 0 Å². The van der Waals surface area contributed by atoms with Crippen molar-refractivity contribution in [1.29, 1.82) is 0 Å². The van der Waals surface area contributed by atoms with Crippen molar-refractivity contribution in [1.82, 2.24) is 0 Å². The summed E-state index contributed by atoms with van der Waals surface area (Å²) in [5, 5.41) is 80.9. The second kappa shape index (κ2) is 9.10. The lowest BCUT2D eigenvalue weighted by molar-refractivity contribution is -0.158. The third-order valence-electron chi connectivity index (χ3n) is 7.13. The van der Waals surface area contributed by atoms with Gasteiger partial charge in [0.1, 0.15) is 12.2 Å². The molecule has 4 rings (SSSR count). The molecule has 4 unspecified atom stereocenters. The summed E-state index contributed by atoms with van der Waals surface area (Å²) in [6, 6.07) is 12.3. The molecule has 184 valence electrons. The summed E-state index contributed by atoms with van der Waals surface area (Å²) < 4.78 is 0. The van der Waals surface area contributed by atoms with E-state index in [4.69, 9.17) is 0 Å². The van der Waals surface area contributed by atoms with Gasteiger partial charge < -0.3 is 40.9 Å². The number of carbonyl (C=O) groups is 1. The maximum absolute atomic E-state index is 12.9. The van der Waals surface area contributed by atoms with Crippen LogP contribution in [0.2, 0.25) is 0 Å². The summed E-state index contributed by atoms with van der Waals surface area (Å²) in [7, 11) is 0. The molecule has 0 aromatic heterocycles. The Morgan fingerprint density at radius 2 is 0.824 bits per heavy atom. The van der Waals surface area contributed by atoms with Gasteiger partial charge in [0.15, 0.2) is 5.78 Å². The molecule has 2 saturated carbocycles. The van der Waals surface area contributed by atoms with E-state index in [9.17, 15) is 45.6 Å². The van der Waals surface area contributed by atoms with E-state index in [1.54, 1.807) is 0 Å². The van der Waals surface area contributed by atoms with Gasteiger partial charge in [0, 0.05) is 36.8 Å². The Kier molecular flexibility index (Phi) is 6.67. The molecular formula is C25H30O9. The fourth-order valence-electron chi connectivity index (χ4n) is 5.05. The fraction of sp³-hybridized carbons (Fsp3) is 0.480. The molecule has 0 amide bonds. The molecule has 2 aromatic rings. The Morgan fingerprint density at radius 3 is 1.09 bits per heavy atom. The number of hydrogen-bond donors (Lipinski definition) is 8. The Bertz CT molecular complexity index is 914. The van der Waals surface area contributed by atoms with Gasteiger partial charge in [-0.25, -0.2) is 0 Å². The van der Waals surface area contributed by atoms with Crippen molar-refractivity contribution < 1.29 is 45.6 Å². The fourth-order valence-corrected chi connectivity index (χ4v) is 5.05. The van der Waals surface area contributed by atoms with Crippen molar-refractivity contribution in [2.45, 2.75) is 73.5 Å². The second-order valence-electron chi connectivity index (χ2n) is 9.61. The topological polar surface area (TPSA) is 179 Å². The zero-order valence-corrected chi connectivity index (χ0v) is 18.4. The lowest BCUT2D eigenvalue weighted by Gasteiger charge is -2.40. The average molecular weight is 475 g/mol. The molecule has 0 aliphatic heterocycles. The minimum Gasteiger partial charge on any atom is -0.390 e.